The number of anilines is 1. The number of benzene rings is 2. The highest BCUT2D eigenvalue weighted by molar-refractivity contribution is 6.33. The highest BCUT2D eigenvalue weighted by Crippen LogP contribution is 2.23. The minimum atomic E-state index is -1.14. The van der Waals surface area contributed by atoms with E-state index in [0.717, 1.165) is 12.1 Å². The first kappa shape index (κ1) is 20.1. The third-order valence-corrected chi connectivity index (χ3v) is 3.85. The number of nitrogens with zero attached hydrogens (tertiary/aromatic N) is 1. The number of esters is 1. The summed E-state index contributed by atoms with van der Waals surface area (Å²) >= 11 is 5.89. The Bertz CT molecular complexity index is 911. The fourth-order valence-electron chi connectivity index (χ4n) is 2.22. The summed E-state index contributed by atoms with van der Waals surface area (Å²) in [5.74, 6) is -1.66. The molecular weight excluding hydrogens is 376 g/mol. The topological polar surface area (TPSA) is 116 Å². The van der Waals surface area contributed by atoms with Crippen molar-refractivity contribution in [3.05, 3.63) is 68.7 Å². The molecule has 2 rings (SSSR count). The number of ether oxygens (including phenoxy) is 1. The third kappa shape index (κ3) is 5.11. The van der Waals surface area contributed by atoms with Gasteiger partial charge in [-0.1, -0.05) is 11.6 Å². The van der Waals surface area contributed by atoms with Crippen molar-refractivity contribution in [3.8, 4) is 0 Å². The molecule has 0 heterocycles. The summed E-state index contributed by atoms with van der Waals surface area (Å²) in [6, 6.07) is 9.41. The fraction of sp³-hybridized carbons (Fsp3) is 0.167. The van der Waals surface area contributed by atoms with Crippen molar-refractivity contribution in [3.63, 3.8) is 0 Å². The van der Waals surface area contributed by atoms with E-state index in [4.69, 9.17) is 16.3 Å². The lowest BCUT2D eigenvalue weighted by Crippen LogP contribution is -2.24. The predicted octanol–water partition coefficient (Wildman–Crippen LogP) is 3.63. The number of amides is 1. The first-order valence-corrected chi connectivity index (χ1v) is 8.13. The van der Waals surface area contributed by atoms with Crippen LogP contribution in [0, 0.1) is 10.1 Å². The normalized spacial score (nSPS) is 11.4. The number of halogens is 1. The van der Waals surface area contributed by atoms with Gasteiger partial charge in [0.1, 0.15) is 0 Å². The SMILES string of the molecule is CC(=O)Nc1ccc(C(=O)[C@H](C)OC(=O)c2cc([N+](=O)[O-])ccc2Cl)cc1. The van der Waals surface area contributed by atoms with Crippen LogP contribution in [0.2, 0.25) is 5.02 Å². The van der Waals surface area contributed by atoms with Gasteiger partial charge < -0.3 is 10.1 Å². The maximum atomic E-state index is 12.4. The molecule has 1 amide bonds. The highest BCUT2D eigenvalue weighted by atomic mass is 35.5. The van der Waals surface area contributed by atoms with E-state index >= 15 is 0 Å². The van der Waals surface area contributed by atoms with Crippen molar-refractivity contribution < 1.29 is 24.0 Å². The number of hydrogen-bond acceptors (Lipinski definition) is 6. The number of carbonyl (C=O) groups is 3. The van der Waals surface area contributed by atoms with Gasteiger partial charge in [0.15, 0.2) is 6.10 Å². The molecule has 0 radical (unpaired) electrons. The second kappa shape index (κ2) is 8.41. The van der Waals surface area contributed by atoms with Gasteiger partial charge in [-0.25, -0.2) is 4.79 Å². The number of nitro benzene ring substituents is 1. The molecule has 1 atom stereocenters. The second-order valence-corrected chi connectivity index (χ2v) is 6.00. The van der Waals surface area contributed by atoms with Crippen LogP contribution in [0.4, 0.5) is 11.4 Å². The van der Waals surface area contributed by atoms with Gasteiger partial charge in [0.2, 0.25) is 11.7 Å². The molecule has 1 N–H and O–H groups in total. The van der Waals surface area contributed by atoms with Gasteiger partial charge in [0, 0.05) is 30.3 Å². The molecule has 0 spiro atoms. The van der Waals surface area contributed by atoms with Gasteiger partial charge in [-0.2, -0.15) is 0 Å². The summed E-state index contributed by atoms with van der Waals surface area (Å²) in [7, 11) is 0. The Morgan fingerprint density at radius 2 is 1.78 bits per heavy atom. The van der Waals surface area contributed by atoms with Crippen molar-refractivity contribution in [2.45, 2.75) is 20.0 Å². The standard InChI is InChI=1S/C18H15ClN2O6/c1-10(17(23)12-3-5-13(6-4-12)20-11(2)22)27-18(24)15-9-14(21(25)26)7-8-16(15)19/h3-10H,1-2H3,(H,20,22)/t10-/m0/s1. The van der Waals surface area contributed by atoms with Crippen LogP contribution in [0.1, 0.15) is 34.6 Å². The number of carbonyl (C=O) groups excluding carboxylic acids is 3. The van der Waals surface area contributed by atoms with Gasteiger partial charge in [-0.3, -0.25) is 19.7 Å². The van der Waals surface area contributed by atoms with E-state index in [1.165, 1.54) is 32.0 Å². The third-order valence-electron chi connectivity index (χ3n) is 3.52. The summed E-state index contributed by atoms with van der Waals surface area (Å²) in [5, 5.41) is 13.4. The Morgan fingerprint density at radius 3 is 2.33 bits per heavy atom. The number of nitrogens with one attached hydrogen (secondary N) is 1. The van der Waals surface area contributed by atoms with E-state index in [2.05, 4.69) is 5.32 Å². The fourth-order valence-corrected chi connectivity index (χ4v) is 2.41. The largest absolute Gasteiger partial charge is 0.451 e. The maximum Gasteiger partial charge on any atom is 0.340 e. The van der Waals surface area contributed by atoms with Crippen LogP contribution in [0.25, 0.3) is 0 Å². The Hall–Kier alpha value is -3.26. The van der Waals surface area contributed by atoms with Crippen LogP contribution in [0.5, 0.6) is 0 Å². The van der Waals surface area contributed by atoms with Crippen LogP contribution in [0.3, 0.4) is 0 Å². The number of Topliss-reactive ketones (excluding diaryl/α,β-unsaturated/α-hetero) is 1. The molecule has 0 unspecified atom stereocenters. The van der Waals surface area contributed by atoms with Gasteiger partial charge in [0.05, 0.1) is 15.5 Å². The molecule has 9 heteroatoms. The predicted molar refractivity (Wildman–Crippen MR) is 98.1 cm³/mol. The number of nitro groups is 1. The molecule has 27 heavy (non-hydrogen) atoms. The zero-order valence-electron chi connectivity index (χ0n) is 14.4. The van der Waals surface area contributed by atoms with Crippen molar-refractivity contribution in [2.24, 2.45) is 0 Å². The maximum absolute atomic E-state index is 12.4. The molecule has 8 nitrogen and oxygen atoms in total. The van der Waals surface area contributed by atoms with Gasteiger partial charge in [-0.05, 0) is 37.3 Å². The summed E-state index contributed by atoms with van der Waals surface area (Å²) in [6.45, 7) is 2.74. The van der Waals surface area contributed by atoms with E-state index in [0.29, 0.717) is 5.69 Å². The number of ketones is 1. The molecule has 0 saturated carbocycles. The zero-order chi connectivity index (χ0) is 20.1. The van der Waals surface area contributed by atoms with Gasteiger partial charge in [0.25, 0.3) is 5.69 Å². The number of rotatable bonds is 6. The molecule has 2 aromatic carbocycles. The smallest absolute Gasteiger partial charge is 0.340 e. The lowest BCUT2D eigenvalue weighted by atomic mass is 10.1. The van der Waals surface area contributed by atoms with Crippen molar-refractivity contribution in [1.82, 2.24) is 0 Å². The zero-order valence-corrected chi connectivity index (χ0v) is 15.1. The first-order chi connectivity index (χ1) is 12.7. The molecule has 0 bridgehead atoms. The van der Waals surface area contributed by atoms with Crippen LogP contribution < -0.4 is 5.32 Å². The molecule has 0 aliphatic heterocycles. The molecular formula is C18H15ClN2O6. The van der Waals surface area contributed by atoms with Crippen LogP contribution in [-0.4, -0.2) is 28.7 Å². The molecule has 0 aromatic heterocycles. The average molecular weight is 391 g/mol. The molecule has 0 saturated heterocycles. The average Bonchev–Trinajstić information content (AvgIpc) is 2.61. The molecule has 0 aliphatic carbocycles. The van der Waals surface area contributed by atoms with Crippen LogP contribution >= 0.6 is 11.6 Å². The van der Waals surface area contributed by atoms with Crippen molar-refractivity contribution in [2.75, 3.05) is 5.32 Å². The van der Waals surface area contributed by atoms with E-state index in [9.17, 15) is 24.5 Å². The number of hydrogen-bond donors (Lipinski definition) is 1. The summed E-state index contributed by atoms with van der Waals surface area (Å²) in [5.41, 5.74) is 0.270. The Balaban J connectivity index is 2.12. The molecule has 0 aliphatic rings. The van der Waals surface area contributed by atoms with Crippen LogP contribution in [0.15, 0.2) is 42.5 Å². The monoisotopic (exact) mass is 390 g/mol. The van der Waals surface area contributed by atoms with E-state index in [1.807, 2.05) is 0 Å². The first-order valence-electron chi connectivity index (χ1n) is 7.76. The van der Waals surface area contributed by atoms with E-state index < -0.39 is 22.8 Å². The Labute approximate surface area is 159 Å². The number of non-ortho nitro benzene ring substituents is 1. The molecule has 2 aromatic rings. The molecule has 140 valence electrons. The van der Waals surface area contributed by atoms with E-state index in [-0.39, 0.29) is 27.7 Å². The minimum Gasteiger partial charge on any atom is -0.451 e. The molecule has 0 fully saturated rings. The minimum absolute atomic E-state index is 0.0232. The second-order valence-electron chi connectivity index (χ2n) is 5.59. The summed E-state index contributed by atoms with van der Waals surface area (Å²) < 4.78 is 5.10. The Morgan fingerprint density at radius 1 is 1.15 bits per heavy atom. The van der Waals surface area contributed by atoms with Gasteiger partial charge in [-0.15, -0.1) is 0 Å². The quantitative estimate of drug-likeness (QED) is 0.348. The highest BCUT2D eigenvalue weighted by Gasteiger charge is 2.23. The van der Waals surface area contributed by atoms with Gasteiger partial charge >= 0.3 is 5.97 Å². The summed E-state index contributed by atoms with van der Waals surface area (Å²) in [4.78, 5) is 45.8. The lowest BCUT2D eigenvalue weighted by molar-refractivity contribution is -0.384. The summed E-state index contributed by atoms with van der Waals surface area (Å²) in [6.07, 6.45) is -1.14. The van der Waals surface area contributed by atoms with E-state index in [1.54, 1.807) is 12.1 Å². The van der Waals surface area contributed by atoms with Crippen molar-refractivity contribution in [1.29, 1.82) is 0 Å². The lowest BCUT2D eigenvalue weighted by Gasteiger charge is -2.13. The van der Waals surface area contributed by atoms with Crippen molar-refractivity contribution >= 4 is 40.6 Å². The Kier molecular flexibility index (Phi) is 6.25. The van der Waals surface area contributed by atoms with Crippen LogP contribution in [-0.2, 0) is 9.53 Å².